The first-order valence-electron chi connectivity index (χ1n) is 7.11. The highest BCUT2D eigenvalue weighted by molar-refractivity contribution is 7.85. The van der Waals surface area contributed by atoms with Crippen molar-refractivity contribution in [2.75, 3.05) is 18.4 Å². The number of nitrogens with zero attached hydrogens (tertiary/aromatic N) is 1. The van der Waals surface area contributed by atoms with Crippen molar-refractivity contribution in [2.45, 2.75) is 25.0 Å². The summed E-state index contributed by atoms with van der Waals surface area (Å²) in [6, 6.07) is 3.70. The second kappa shape index (κ2) is 8.47. The maximum atomic E-state index is 12.2. The number of anilines is 1. The standard InChI is InChI=1S/C14H18N4O3S3/c1-8-13(23-14(17-8)18-10(3)20)11-4-5-12(22-11)24(21)16-7-6-15-9(2)19/h4-5,16H,6-7H2,1-3H3,(H,15,19)(H,17,18,20). The van der Waals surface area contributed by atoms with E-state index in [-0.39, 0.29) is 11.8 Å². The molecule has 24 heavy (non-hydrogen) atoms. The number of aromatic nitrogens is 1. The molecular weight excluding hydrogens is 368 g/mol. The Kier molecular flexibility index (Phi) is 6.60. The minimum Gasteiger partial charge on any atom is -0.355 e. The smallest absolute Gasteiger partial charge is 0.223 e. The van der Waals surface area contributed by atoms with Gasteiger partial charge in [0.05, 0.1) is 10.6 Å². The lowest BCUT2D eigenvalue weighted by molar-refractivity contribution is -0.119. The molecule has 130 valence electrons. The van der Waals surface area contributed by atoms with Crippen molar-refractivity contribution < 1.29 is 13.8 Å². The molecule has 0 aliphatic carbocycles. The zero-order valence-electron chi connectivity index (χ0n) is 13.5. The van der Waals surface area contributed by atoms with Gasteiger partial charge in [0.2, 0.25) is 11.8 Å². The van der Waals surface area contributed by atoms with Gasteiger partial charge < -0.3 is 10.6 Å². The Bertz CT molecular complexity index is 769. The second-order valence-corrected chi connectivity index (χ2v) is 8.49. The average Bonchev–Trinajstić information content (AvgIpc) is 3.09. The Morgan fingerprint density at radius 2 is 1.92 bits per heavy atom. The molecule has 0 bridgehead atoms. The van der Waals surface area contributed by atoms with Gasteiger partial charge in [-0.1, -0.05) is 11.3 Å². The Hall–Kier alpha value is -1.62. The highest BCUT2D eigenvalue weighted by Crippen LogP contribution is 2.37. The lowest BCUT2D eigenvalue weighted by atomic mass is 10.3. The van der Waals surface area contributed by atoms with E-state index >= 15 is 0 Å². The number of carbonyl (C=O) groups is 2. The van der Waals surface area contributed by atoms with E-state index in [1.54, 1.807) is 6.07 Å². The van der Waals surface area contributed by atoms with Crippen molar-refractivity contribution in [3.63, 3.8) is 0 Å². The topological polar surface area (TPSA) is 100 Å². The van der Waals surface area contributed by atoms with Crippen LogP contribution in [-0.2, 0) is 20.6 Å². The fourth-order valence-corrected chi connectivity index (χ4v) is 5.11. The van der Waals surface area contributed by atoms with E-state index in [9.17, 15) is 13.8 Å². The van der Waals surface area contributed by atoms with E-state index in [1.807, 2.05) is 13.0 Å². The van der Waals surface area contributed by atoms with Crippen LogP contribution in [0, 0.1) is 6.92 Å². The van der Waals surface area contributed by atoms with Crippen LogP contribution in [0.15, 0.2) is 16.3 Å². The predicted octanol–water partition coefficient (Wildman–Crippen LogP) is 1.89. The van der Waals surface area contributed by atoms with Gasteiger partial charge in [0.1, 0.15) is 15.2 Å². The van der Waals surface area contributed by atoms with Crippen LogP contribution < -0.4 is 15.4 Å². The van der Waals surface area contributed by atoms with Crippen LogP contribution in [0.5, 0.6) is 0 Å². The van der Waals surface area contributed by atoms with Crippen molar-refractivity contribution in [3.05, 3.63) is 17.8 Å². The van der Waals surface area contributed by atoms with Gasteiger partial charge in [-0.05, 0) is 19.1 Å². The van der Waals surface area contributed by atoms with Crippen LogP contribution >= 0.6 is 22.7 Å². The molecule has 0 radical (unpaired) electrons. The van der Waals surface area contributed by atoms with Crippen molar-refractivity contribution in [2.24, 2.45) is 0 Å². The van der Waals surface area contributed by atoms with Gasteiger partial charge in [0.15, 0.2) is 5.13 Å². The molecule has 10 heteroatoms. The summed E-state index contributed by atoms with van der Waals surface area (Å²) in [6.07, 6.45) is 0. The molecule has 0 saturated heterocycles. The van der Waals surface area contributed by atoms with E-state index in [2.05, 4.69) is 20.3 Å². The number of rotatable bonds is 7. The summed E-state index contributed by atoms with van der Waals surface area (Å²) < 4.78 is 15.8. The highest BCUT2D eigenvalue weighted by Gasteiger charge is 2.14. The molecule has 2 aromatic rings. The average molecular weight is 387 g/mol. The van der Waals surface area contributed by atoms with Crippen LogP contribution in [-0.4, -0.2) is 34.1 Å². The molecule has 2 rings (SSSR count). The van der Waals surface area contributed by atoms with Crippen molar-refractivity contribution in [1.82, 2.24) is 15.0 Å². The molecule has 3 N–H and O–H groups in total. The van der Waals surface area contributed by atoms with Crippen LogP contribution in [0.4, 0.5) is 5.13 Å². The van der Waals surface area contributed by atoms with E-state index in [4.69, 9.17) is 0 Å². The fourth-order valence-electron chi connectivity index (χ4n) is 1.82. The summed E-state index contributed by atoms with van der Waals surface area (Å²) >= 11 is 2.80. The Morgan fingerprint density at radius 3 is 2.58 bits per heavy atom. The first-order valence-corrected chi connectivity index (χ1v) is 9.90. The zero-order valence-corrected chi connectivity index (χ0v) is 15.9. The Balaban J connectivity index is 2.02. The van der Waals surface area contributed by atoms with Crippen molar-refractivity contribution in [3.8, 4) is 9.75 Å². The summed E-state index contributed by atoms with van der Waals surface area (Å²) in [5, 5.41) is 5.87. The highest BCUT2D eigenvalue weighted by atomic mass is 32.2. The number of amides is 2. The molecule has 0 spiro atoms. The number of nitrogens with one attached hydrogen (secondary N) is 3. The molecule has 0 aliphatic heterocycles. The fraction of sp³-hybridized carbons (Fsp3) is 0.357. The molecule has 7 nitrogen and oxygen atoms in total. The first kappa shape index (κ1) is 18.7. The van der Waals surface area contributed by atoms with Crippen LogP contribution in [0.25, 0.3) is 9.75 Å². The molecule has 0 saturated carbocycles. The largest absolute Gasteiger partial charge is 0.355 e. The lowest BCUT2D eigenvalue weighted by Gasteiger charge is -2.03. The van der Waals surface area contributed by atoms with E-state index in [1.165, 1.54) is 36.5 Å². The maximum Gasteiger partial charge on any atom is 0.223 e. The molecule has 0 aliphatic rings. The summed E-state index contributed by atoms with van der Waals surface area (Å²) in [4.78, 5) is 28.1. The van der Waals surface area contributed by atoms with Crippen LogP contribution in [0.3, 0.4) is 0 Å². The minimum atomic E-state index is -1.33. The normalized spacial score (nSPS) is 12.0. The third-order valence-corrected chi connectivity index (χ3v) is 6.60. The third kappa shape index (κ3) is 5.20. The summed E-state index contributed by atoms with van der Waals surface area (Å²) in [7, 11) is -1.33. The molecule has 1 unspecified atom stereocenters. The van der Waals surface area contributed by atoms with Gasteiger partial charge in [0, 0.05) is 31.8 Å². The number of carbonyl (C=O) groups excluding carboxylic acids is 2. The van der Waals surface area contributed by atoms with Gasteiger partial charge in [-0.2, -0.15) is 0 Å². The van der Waals surface area contributed by atoms with Crippen molar-refractivity contribution in [1.29, 1.82) is 0 Å². The number of thiophene rings is 1. The van der Waals surface area contributed by atoms with Gasteiger partial charge in [-0.15, -0.1) is 11.3 Å². The minimum absolute atomic E-state index is 0.114. The molecule has 0 fully saturated rings. The van der Waals surface area contributed by atoms with E-state index in [0.717, 1.165) is 15.4 Å². The molecule has 2 aromatic heterocycles. The third-order valence-electron chi connectivity index (χ3n) is 2.80. The van der Waals surface area contributed by atoms with Gasteiger partial charge in [-0.3, -0.25) is 9.59 Å². The molecule has 2 heterocycles. The molecule has 1 atom stereocenters. The van der Waals surface area contributed by atoms with Crippen molar-refractivity contribution >= 4 is 50.6 Å². The monoisotopic (exact) mass is 386 g/mol. The molecule has 0 aromatic carbocycles. The number of thiazole rings is 1. The SMILES string of the molecule is CC(=O)NCCNS(=O)c1ccc(-c2sc(NC(C)=O)nc2C)s1. The van der Waals surface area contributed by atoms with Gasteiger partial charge in [-0.25, -0.2) is 13.9 Å². The maximum absolute atomic E-state index is 12.2. The number of hydrogen-bond acceptors (Lipinski definition) is 6. The van der Waals surface area contributed by atoms with E-state index < -0.39 is 11.0 Å². The second-order valence-electron chi connectivity index (χ2n) is 4.88. The number of aryl methyl sites for hydroxylation is 1. The Morgan fingerprint density at radius 1 is 1.17 bits per heavy atom. The predicted molar refractivity (Wildman–Crippen MR) is 97.6 cm³/mol. The molecular formula is C14H18N4O3S3. The quantitative estimate of drug-likeness (QED) is 0.633. The number of hydrogen-bond donors (Lipinski definition) is 3. The summed E-state index contributed by atoms with van der Waals surface area (Å²) in [6.45, 7) is 5.60. The van der Waals surface area contributed by atoms with Gasteiger partial charge in [0.25, 0.3) is 0 Å². The molecule has 2 amide bonds. The Labute approximate surface area is 150 Å². The van der Waals surface area contributed by atoms with Gasteiger partial charge >= 0.3 is 0 Å². The summed E-state index contributed by atoms with van der Waals surface area (Å²) in [5.41, 5.74) is 0.821. The lowest BCUT2D eigenvalue weighted by Crippen LogP contribution is -2.30. The summed E-state index contributed by atoms with van der Waals surface area (Å²) in [5.74, 6) is -0.275. The zero-order chi connectivity index (χ0) is 17.7. The van der Waals surface area contributed by atoms with Crippen LogP contribution in [0.1, 0.15) is 19.5 Å². The first-order chi connectivity index (χ1) is 11.4. The van der Waals surface area contributed by atoms with Crippen LogP contribution in [0.2, 0.25) is 0 Å². The van der Waals surface area contributed by atoms with E-state index in [0.29, 0.717) is 22.4 Å².